The van der Waals surface area contributed by atoms with Gasteiger partial charge < -0.3 is 4.74 Å². The van der Waals surface area contributed by atoms with Gasteiger partial charge in [-0.15, -0.1) is 0 Å². The Morgan fingerprint density at radius 1 is 0.625 bits per heavy atom. The minimum Gasteiger partial charge on any atom is -0.381 e. The lowest BCUT2D eigenvalue weighted by Crippen LogP contribution is -2.35. The summed E-state index contributed by atoms with van der Waals surface area (Å²) in [5.41, 5.74) is 0. The largest absolute Gasteiger partial charge is 0.381 e. The second-order valence-electron chi connectivity index (χ2n) is 5.85. The highest BCUT2D eigenvalue weighted by molar-refractivity contribution is 4.83. The number of hydrogen-bond donors (Lipinski definition) is 0. The smallest absolute Gasteiger partial charge is 0.0627 e. The van der Waals surface area contributed by atoms with Crippen LogP contribution in [0.15, 0.2) is 0 Å². The van der Waals surface area contributed by atoms with E-state index in [1.807, 2.05) is 7.11 Å². The molecule has 2 saturated carbocycles. The van der Waals surface area contributed by atoms with Gasteiger partial charge in [0.25, 0.3) is 0 Å². The Morgan fingerprint density at radius 3 is 1.56 bits per heavy atom. The van der Waals surface area contributed by atoms with Crippen LogP contribution in [-0.2, 0) is 4.74 Å². The maximum Gasteiger partial charge on any atom is 0.0627 e. The lowest BCUT2D eigenvalue weighted by atomic mass is 9.75. The third kappa shape index (κ3) is 3.23. The summed E-state index contributed by atoms with van der Waals surface area (Å²) in [5, 5.41) is 0. The van der Waals surface area contributed by atoms with Gasteiger partial charge in [-0.1, -0.05) is 44.9 Å². The predicted octanol–water partition coefficient (Wildman–Crippen LogP) is 4.55. The maximum atomic E-state index is 5.83. The van der Waals surface area contributed by atoms with Gasteiger partial charge in [-0.25, -0.2) is 0 Å². The normalized spacial score (nSPS) is 37.7. The molecule has 0 aromatic heterocycles. The van der Waals surface area contributed by atoms with E-state index < -0.39 is 0 Å². The summed E-state index contributed by atoms with van der Waals surface area (Å²) in [6.07, 6.45) is 16.5. The van der Waals surface area contributed by atoms with E-state index in [1.165, 1.54) is 70.6 Å². The van der Waals surface area contributed by atoms with Gasteiger partial charge in [0.15, 0.2) is 0 Å². The van der Waals surface area contributed by atoms with Gasteiger partial charge in [0.05, 0.1) is 6.10 Å². The average Bonchev–Trinajstić information content (AvgIpc) is 2.33. The molecule has 2 aliphatic carbocycles. The highest BCUT2D eigenvalue weighted by Gasteiger charge is 2.32. The molecular formula is C15H28O. The number of methoxy groups -OCH3 is 1. The average molecular weight is 224 g/mol. The fourth-order valence-corrected chi connectivity index (χ4v) is 3.88. The van der Waals surface area contributed by atoms with Crippen LogP contribution in [0.2, 0.25) is 0 Å². The maximum absolute atomic E-state index is 5.83. The monoisotopic (exact) mass is 224 g/mol. The van der Waals surface area contributed by atoms with E-state index in [-0.39, 0.29) is 0 Å². The van der Waals surface area contributed by atoms with Crippen LogP contribution in [0.5, 0.6) is 0 Å². The van der Waals surface area contributed by atoms with Gasteiger partial charge >= 0.3 is 0 Å². The molecule has 2 bridgehead atoms. The first kappa shape index (κ1) is 12.4. The molecule has 2 aliphatic rings. The number of rotatable bonds is 1. The quantitative estimate of drug-likeness (QED) is 0.635. The lowest BCUT2D eigenvalue weighted by molar-refractivity contribution is -0.0265. The van der Waals surface area contributed by atoms with Gasteiger partial charge in [-0.2, -0.15) is 0 Å². The Hall–Kier alpha value is -0.0400. The van der Waals surface area contributed by atoms with Crippen molar-refractivity contribution in [1.82, 2.24) is 0 Å². The second-order valence-corrected chi connectivity index (χ2v) is 5.85. The van der Waals surface area contributed by atoms with Gasteiger partial charge in [0.1, 0.15) is 0 Å². The molecular weight excluding hydrogens is 196 g/mol. The molecule has 0 N–H and O–H groups in total. The van der Waals surface area contributed by atoms with Crippen molar-refractivity contribution < 1.29 is 4.74 Å². The van der Waals surface area contributed by atoms with E-state index in [1.54, 1.807) is 0 Å². The summed E-state index contributed by atoms with van der Waals surface area (Å²) >= 11 is 0. The van der Waals surface area contributed by atoms with Crippen LogP contribution in [0.4, 0.5) is 0 Å². The first-order valence-corrected chi connectivity index (χ1v) is 7.44. The van der Waals surface area contributed by atoms with E-state index in [4.69, 9.17) is 4.74 Å². The van der Waals surface area contributed by atoms with E-state index in [0.29, 0.717) is 6.10 Å². The van der Waals surface area contributed by atoms with E-state index >= 15 is 0 Å². The van der Waals surface area contributed by atoms with Crippen molar-refractivity contribution in [3.63, 3.8) is 0 Å². The standard InChI is InChI=1S/C15H28O/c1-16-15-13-9-6-4-2-3-5-7-10-14(15)12-8-11-13/h13-15H,2-12H2,1H3. The molecule has 2 unspecified atom stereocenters. The van der Waals surface area contributed by atoms with Crippen LogP contribution >= 0.6 is 0 Å². The van der Waals surface area contributed by atoms with Gasteiger partial charge in [0.2, 0.25) is 0 Å². The van der Waals surface area contributed by atoms with Crippen LogP contribution in [-0.4, -0.2) is 13.2 Å². The van der Waals surface area contributed by atoms with Crippen molar-refractivity contribution in [1.29, 1.82) is 0 Å². The minimum atomic E-state index is 0.590. The zero-order valence-electron chi connectivity index (χ0n) is 10.9. The number of fused-ring (bicyclic) bond motifs is 2. The number of ether oxygens (including phenoxy) is 1. The third-order valence-corrected chi connectivity index (χ3v) is 4.75. The Bertz CT molecular complexity index is 172. The molecule has 2 atom stereocenters. The highest BCUT2D eigenvalue weighted by Crippen LogP contribution is 2.37. The minimum absolute atomic E-state index is 0.590. The van der Waals surface area contributed by atoms with Crippen LogP contribution in [0, 0.1) is 11.8 Å². The van der Waals surface area contributed by atoms with Crippen molar-refractivity contribution in [2.24, 2.45) is 11.8 Å². The van der Waals surface area contributed by atoms with Crippen molar-refractivity contribution in [3.8, 4) is 0 Å². The molecule has 0 aromatic carbocycles. The Labute approximate surface area is 101 Å². The molecule has 0 aliphatic heterocycles. The SMILES string of the molecule is COC1C2CCCCCCCCC1CCC2. The molecule has 2 fully saturated rings. The topological polar surface area (TPSA) is 9.23 Å². The molecule has 0 spiro atoms. The summed E-state index contributed by atoms with van der Waals surface area (Å²) in [6, 6.07) is 0. The Morgan fingerprint density at radius 2 is 1.06 bits per heavy atom. The van der Waals surface area contributed by atoms with Crippen LogP contribution in [0.1, 0.15) is 70.6 Å². The predicted molar refractivity (Wildman–Crippen MR) is 68.6 cm³/mol. The molecule has 1 nitrogen and oxygen atoms in total. The zero-order valence-corrected chi connectivity index (χ0v) is 10.9. The fraction of sp³-hybridized carbons (Fsp3) is 1.00. The molecule has 1 heteroatoms. The molecule has 0 radical (unpaired) electrons. The van der Waals surface area contributed by atoms with E-state index in [2.05, 4.69) is 0 Å². The summed E-state index contributed by atoms with van der Waals surface area (Å²) in [7, 11) is 1.94. The van der Waals surface area contributed by atoms with Gasteiger partial charge in [0, 0.05) is 7.11 Å². The summed E-state index contributed by atoms with van der Waals surface area (Å²) in [6.45, 7) is 0. The van der Waals surface area contributed by atoms with Crippen molar-refractivity contribution in [2.45, 2.75) is 76.7 Å². The van der Waals surface area contributed by atoms with Crippen LogP contribution in [0.25, 0.3) is 0 Å². The lowest BCUT2D eigenvalue weighted by Gasteiger charge is -2.37. The summed E-state index contributed by atoms with van der Waals surface area (Å²) in [5.74, 6) is 1.75. The fourth-order valence-electron chi connectivity index (χ4n) is 3.88. The van der Waals surface area contributed by atoms with Gasteiger partial charge in [-0.05, 0) is 37.5 Å². The van der Waals surface area contributed by atoms with Crippen LogP contribution < -0.4 is 0 Å². The van der Waals surface area contributed by atoms with E-state index in [0.717, 1.165) is 11.8 Å². The molecule has 2 rings (SSSR count). The summed E-state index contributed by atoms with van der Waals surface area (Å²) < 4.78 is 5.83. The first-order chi connectivity index (χ1) is 7.92. The molecule has 0 heterocycles. The Kier molecular flexibility index (Phi) is 5.15. The third-order valence-electron chi connectivity index (χ3n) is 4.75. The molecule has 0 saturated heterocycles. The Balaban J connectivity index is 1.96. The van der Waals surface area contributed by atoms with Crippen molar-refractivity contribution in [3.05, 3.63) is 0 Å². The van der Waals surface area contributed by atoms with E-state index in [9.17, 15) is 0 Å². The molecule has 0 amide bonds. The molecule has 16 heavy (non-hydrogen) atoms. The number of hydrogen-bond acceptors (Lipinski definition) is 1. The van der Waals surface area contributed by atoms with Crippen molar-refractivity contribution in [2.75, 3.05) is 7.11 Å². The summed E-state index contributed by atoms with van der Waals surface area (Å²) in [4.78, 5) is 0. The molecule has 94 valence electrons. The zero-order chi connectivity index (χ0) is 11.2. The first-order valence-electron chi connectivity index (χ1n) is 7.44. The highest BCUT2D eigenvalue weighted by atomic mass is 16.5. The van der Waals surface area contributed by atoms with Crippen LogP contribution in [0.3, 0.4) is 0 Å². The van der Waals surface area contributed by atoms with Crippen molar-refractivity contribution >= 4 is 0 Å². The molecule has 0 aromatic rings. The second kappa shape index (κ2) is 6.64. The van der Waals surface area contributed by atoms with Gasteiger partial charge in [-0.3, -0.25) is 0 Å².